The third kappa shape index (κ3) is 5.54. The van der Waals surface area contributed by atoms with Gasteiger partial charge in [-0.05, 0) is 38.0 Å². The SMILES string of the molecule is CCCCCC(C)(OC)C(=O)Nc1ccc(OCCC)cc1C#N. The van der Waals surface area contributed by atoms with Gasteiger partial charge in [-0.15, -0.1) is 0 Å². The van der Waals surface area contributed by atoms with E-state index in [0.717, 1.165) is 25.7 Å². The molecule has 0 saturated carbocycles. The second-order valence-electron chi connectivity index (χ2n) is 6.01. The number of nitrogens with zero attached hydrogens (tertiary/aromatic N) is 1. The lowest BCUT2D eigenvalue weighted by atomic mass is 9.96. The number of anilines is 1. The van der Waals surface area contributed by atoms with Crippen molar-refractivity contribution in [1.82, 2.24) is 0 Å². The first-order valence-corrected chi connectivity index (χ1v) is 8.54. The number of hydrogen-bond acceptors (Lipinski definition) is 4. The third-order valence-corrected chi connectivity index (χ3v) is 4.02. The smallest absolute Gasteiger partial charge is 0.256 e. The van der Waals surface area contributed by atoms with Crippen LogP contribution in [0.2, 0.25) is 0 Å². The van der Waals surface area contributed by atoms with Crippen LogP contribution < -0.4 is 10.1 Å². The molecule has 1 N–H and O–H groups in total. The maximum atomic E-state index is 12.6. The zero-order valence-electron chi connectivity index (χ0n) is 15.1. The average Bonchev–Trinajstić information content (AvgIpc) is 2.60. The number of unbranched alkanes of at least 4 members (excludes halogenated alkanes) is 2. The Morgan fingerprint density at radius 2 is 2.04 bits per heavy atom. The Bertz CT molecular complexity index is 580. The predicted molar refractivity (Wildman–Crippen MR) is 95.1 cm³/mol. The van der Waals surface area contributed by atoms with Gasteiger partial charge in [0.2, 0.25) is 0 Å². The molecular weight excluding hydrogens is 304 g/mol. The summed E-state index contributed by atoms with van der Waals surface area (Å²) in [6.45, 7) is 6.51. The molecule has 1 unspecified atom stereocenters. The molecule has 1 rings (SSSR count). The number of carbonyl (C=O) groups is 1. The van der Waals surface area contributed by atoms with Crippen molar-refractivity contribution in [1.29, 1.82) is 5.26 Å². The van der Waals surface area contributed by atoms with Crippen molar-refractivity contribution in [3.8, 4) is 11.8 Å². The van der Waals surface area contributed by atoms with E-state index in [2.05, 4.69) is 18.3 Å². The molecule has 0 bridgehead atoms. The molecule has 0 aliphatic rings. The van der Waals surface area contributed by atoms with Gasteiger partial charge in [0.05, 0.1) is 17.9 Å². The standard InChI is InChI=1S/C19H28N2O3/c1-5-7-8-11-19(3,23-4)18(22)21-17-10-9-16(24-12-6-2)13-15(17)14-20/h9-10,13H,5-8,11-12H2,1-4H3,(H,21,22). The number of hydrogen-bond donors (Lipinski definition) is 1. The van der Waals surface area contributed by atoms with Gasteiger partial charge >= 0.3 is 0 Å². The van der Waals surface area contributed by atoms with Crippen molar-refractivity contribution in [3.63, 3.8) is 0 Å². The number of amides is 1. The molecule has 1 atom stereocenters. The molecule has 0 saturated heterocycles. The lowest BCUT2D eigenvalue weighted by Crippen LogP contribution is -2.42. The van der Waals surface area contributed by atoms with Crippen molar-refractivity contribution >= 4 is 11.6 Å². The lowest BCUT2D eigenvalue weighted by molar-refractivity contribution is -0.136. The van der Waals surface area contributed by atoms with E-state index in [1.807, 2.05) is 6.92 Å². The molecule has 5 heteroatoms. The van der Waals surface area contributed by atoms with Crippen LogP contribution >= 0.6 is 0 Å². The van der Waals surface area contributed by atoms with Gasteiger partial charge < -0.3 is 14.8 Å². The Morgan fingerprint density at radius 3 is 2.62 bits per heavy atom. The number of methoxy groups -OCH3 is 1. The maximum Gasteiger partial charge on any atom is 0.256 e. The van der Waals surface area contributed by atoms with Crippen LogP contribution in [0.5, 0.6) is 5.75 Å². The number of benzene rings is 1. The first-order valence-electron chi connectivity index (χ1n) is 8.54. The van der Waals surface area contributed by atoms with Crippen LogP contribution in [0.15, 0.2) is 18.2 Å². The first-order chi connectivity index (χ1) is 11.5. The zero-order chi connectivity index (χ0) is 18.0. The highest BCUT2D eigenvalue weighted by Gasteiger charge is 2.32. The fraction of sp³-hybridized carbons (Fsp3) is 0.579. The van der Waals surface area contributed by atoms with Gasteiger partial charge in [-0.2, -0.15) is 5.26 Å². The van der Waals surface area contributed by atoms with E-state index < -0.39 is 5.60 Å². The highest BCUT2D eigenvalue weighted by Crippen LogP contribution is 2.25. The van der Waals surface area contributed by atoms with Crippen LogP contribution in [-0.2, 0) is 9.53 Å². The molecule has 0 radical (unpaired) electrons. The van der Waals surface area contributed by atoms with Gasteiger partial charge in [-0.1, -0.05) is 33.1 Å². The van der Waals surface area contributed by atoms with E-state index in [9.17, 15) is 10.1 Å². The number of nitriles is 1. The zero-order valence-corrected chi connectivity index (χ0v) is 15.1. The van der Waals surface area contributed by atoms with E-state index in [1.165, 1.54) is 0 Å². The molecule has 0 aromatic heterocycles. The van der Waals surface area contributed by atoms with E-state index in [1.54, 1.807) is 32.2 Å². The quantitative estimate of drug-likeness (QED) is 0.649. The minimum atomic E-state index is -0.903. The van der Waals surface area contributed by atoms with E-state index in [0.29, 0.717) is 30.0 Å². The molecule has 5 nitrogen and oxygen atoms in total. The molecule has 0 aliphatic heterocycles. The second kappa shape index (κ2) is 9.94. The number of carbonyl (C=O) groups excluding carboxylic acids is 1. The maximum absolute atomic E-state index is 12.6. The average molecular weight is 332 g/mol. The van der Waals surface area contributed by atoms with Gasteiger partial charge in [0.25, 0.3) is 5.91 Å². The molecule has 1 amide bonds. The van der Waals surface area contributed by atoms with Crippen LogP contribution in [0.1, 0.15) is 58.4 Å². The normalized spacial score (nSPS) is 13.0. The van der Waals surface area contributed by atoms with Crippen molar-refractivity contribution in [2.45, 2.75) is 58.5 Å². The Morgan fingerprint density at radius 1 is 1.29 bits per heavy atom. The highest BCUT2D eigenvalue weighted by molar-refractivity contribution is 5.98. The lowest BCUT2D eigenvalue weighted by Gasteiger charge is -2.27. The fourth-order valence-corrected chi connectivity index (χ4v) is 2.31. The van der Waals surface area contributed by atoms with Gasteiger partial charge in [-0.3, -0.25) is 4.79 Å². The van der Waals surface area contributed by atoms with Crippen molar-refractivity contribution in [2.24, 2.45) is 0 Å². The largest absolute Gasteiger partial charge is 0.494 e. The number of ether oxygens (including phenoxy) is 2. The molecule has 132 valence electrons. The van der Waals surface area contributed by atoms with Crippen LogP contribution in [0.3, 0.4) is 0 Å². The number of rotatable bonds is 10. The molecule has 1 aromatic rings. The summed E-state index contributed by atoms with van der Waals surface area (Å²) in [6, 6.07) is 7.20. The monoisotopic (exact) mass is 332 g/mol. The predicted octanol–water partition coefficient (Wildman–Crippen LogP) is 4.27. The molecule has 0 fully saturated rings. The summed E-state index contributed by atoms with van der Waals surface area (Å²) in [7, 11) is 1.54. The van der Waals surface area contributed by atoms with Crippen molar-refractivity contribution in [3.05, 3.63) is 23.8 Å². The Hall–Kier alpha value is -2.06. The van der Waals surface area contributed by atoms with Crippen molar-refractivity contribution < 1.29 is 14.3 Å². The summed E-state index contributed by atoms with van der Waals surface area (Å²) in [5.74, 6) is 0.392. The Balaban J connectivity index is 2.86. The van der Waals surface area contributed by atoms with Gasteiger partial charge in [0.15, 0.2) is 0 Å². The summed E-state index contributed by atoms with van der Waals surface area (Å²) in [5.41, 5.74) is -0.0479. The summed E-state index contributed by atoms with van der Waals surface area (Å²) < 4.78 is 11.0. The highest BCUT2D eigenvalue weighted by atomic mass is 16.5. The summed E-state index contributed by atoms with van der Waals surface area (Å²) in [4.78, 5) is 12.6. The Labute approximate surface area is 145 Å². The second-order valence-corrected chi connectivity index (χ2v) is 6.01. The molecule has 1 aromatic carbocycles. The number of nitrogens with one attached hydrogen (secondary N) is 1. The van der Waals surface area contributed by atoms with E-state index in [4.69, 9.17) is 9.47 Å². The summed E-state index contributed by atoms with van der Waals surface area (Å²) >= 11 is 0. The molecule has 0 heterocycles. The third-order valence-electron chi connectivity index (χ3n) is 4.02. The first kappa shape index (κ1) is 20.0. The van der Waals surface area contributed by atoms with Crippen molar-refractivity contribution in [2.75, 3.05) is 19.0 Å². The molecule has 0 spiro atoms. The van der Waals surface area contributed by atoms with Gasteiger partial charge in [0, 0.05) is 7.11 Å². The summed E-state index contributed by atoms with van der Waals surface area (Å²) in [5, 5.41) is 12.1. The summed E-state index contributed by atoms with van der Waals surface area (Å²) in [6.07, 6.45) is 4.59. The van der Waals surface area contributed by atoms with E-state index >= 15 is 0 Å². The van der Waals surface area contributed by atoms with Gasteiger partial charge in [-0.25, -0.2) is 0 Å². The topological polar surface area (TPSA) is 71.3 Å². The minimum Gasteiger partial charge on any atom is -0.494 e. The van der Waals surface area contributed by atoms with Gasteiger partial charge in [0.1, 0.15) is 17.4 Å². The van der Waals surface area contributed by atoms with E-state index in [-0.39, 0.29) is 5.91 Å². The fourth-order valence-electron chi connectivity index (χ4n) is 2.31. The molecule has 24 heavy (non-hydrogen) atoms. The van der Waals surface area contributed by atoms with Crippen LogP contribution in [0.25, 0.3) is 0 Å². The van der Waals surface area contributed by atoms with Crippen LogP contribution in [0, 0.1) is 11.3 Å². The molecule has 0 aliphatic carbocycles. The van der Waals surface area contributed by atoms with Crippen LogP contribution in [-0.4, -0.2) is 25.2 Å². The minimum absolute atomic E-state index is 0.236. The van der Waals surface area contributed by atoms with Crippen LogP contribution in [0.4, 0.5) is 5.69 Å². The Kier molecular flexibility index (Phi) is 8.28. The molecular formula is C19H28N2O3.